The number of ether oxygens (including phenoxy) is 1. The summed E-state index contributed by atoms with van der Waals surface area (Å²) in [5.74, 6) is 0.179. The number of carbonyl (C=O) groups is 1. The van der Waals surface area contributed by atoms with Gasteiger partial charge in [0, 0.05) is 12.2 Å². The fraction of sp³-hybridized carbons (Fsp3) is 0.133. The Balaban J connectivity index is 1.92. The number of halogens is 1. The molecule has 6 heteroatoms. The van der Waals surface area contributed by atoms with Crippen molar-refractivity contribution in [3.8, 4) is 5.75 Å². The van der Waals surface area contributed by atoms with Crippen LogP contribution < -0.4 is 21.1 Å². The molecule has 0 saturated heterocycles. The zero-order valence-electron chi connectivity index (χ0n) is 11.3. The summed E-state index contributed by atoms with van der Waals surface area (Å²) < 4.78 is 18.7. The van der Waals surface area contributed by atoms with Crippen LogP contribution in [0.25, 0.3) is 0 Å². The molecule has 0 aromatic heterocycles. The quantitative estimate of drug-likeness (QED) is 0.792. The standard InChI is InChI=1S/C15H16FN3O2/c16-13-3-1-2-4-14(13)19-15(20)18-11-5-7-12(8-6-11)21-10-9-17/h1-8H,9-10,17H2,(H2,18,19,20). The lowest BCUT2D eigenvalue weighted by molar-refractivity contribution is 0.262. The summed E-state index contributed by atoms with van der Waals surface area (Å²) in [5, 5.41) is 5.04. The predicted molar refractivity (Wildman–Crippen MR) is 80.0 cm³/mol. The van der Waals surface area contributed by atoms with E-state index in [2.05, 4.69) is 10.6 Å². The van der Waals surface area contributed by atoms with Gasteiger partial charge >= 0.3 is 6.03 Å². The van der Waals surface area contributed by atoms with Gasteiger partial charge in [-0.1, -0.05) is 12.1 Å². The maximum atomic E-state index is 13.4. The summed E-state index contributed by atoms with van der Waals surface area (Å²) in [7, 11) is 0. The third-order valence-electron chi connectivity index (χ3n) is 2.62. The molecule has 0 atom stereocenters. The number of amides is 2. The number of anilines is 2. The summed E-state index contributed by atoms with van der Waals surface area (Å²) in [5.41, 5.74) is 6.03. The molecule has 0 bridgehead atoms. The first-order valence-corrected chi connectivity index (χ1v) is 6.44. The van der Waals surface area contributed by atoms with E-state index in [4.69, 9.17) is 10.5 Å². The number of carbonyl (C=O) groups excluding carboxylic acids is 1. The van der Waals surface area contributed by atoms with Crippen molar-refractivity contribution in [1.82, 2.24) is 0 Å². The van der Waals surface area contributed by atoms with E-state index in [0.717, 1.165) is 0 Å². The van der Waals surface area contributed by atoms with Gasteiger partial charge in [0.05, 0.1) is 5.69 Å². The Hall–Kier alpha value is -2.60. The summed E-state index contributed by atoms with van der Waals surface area (Å²) >= 11 is 0. The van der Waals surface area contributed by atoms with Crippen LogP contribution in [0.4, 0.5) is 20.6 Å². The number of para-hydroxylation sites is 1. The van der Waals surface area contributed by atoms with Crippen molar-refractivity contribution >= 4 is 17.4 Å². The van der Waals surface area contributed by atoms with Crippen molar-refractivity contribution in [2.75, 3.05) is 23.8 Å². The van der Waals surface area contributed by atoms with Crippen LogP contribution in [-0.2, 0) is 0 Å². The molecule has 0 heterocycles. The van der Waals surface area contributed by atoms with E-state index >= 15 is 0 Å². The van der Waals surface area contributed by atoms with Crippen LogP contribution in [0, 0.1) is 5.82 Å². The van der Waals surface area contributed by atoms with Gasteiger partial charge in [0.25, 0.3) is 0 Å². The monoisotopic (exact) mass is 289 g/mol. The third-order valence-corrected chi connectivity index (χ3v) is 2.62. The van der Waals surface area contributed by atoms with E-state index in [0.29, 0.717) is 24.6 Å². The molecule has 110 valence electrons. The first-order valence-electron chi connectivity index (χ1n) is 6.44. The van der Waals surface area contributed by atoms with Gasteiger partial charge in [0.15, 0.2) is 0 Å². The van der Waals surface area contributed by atoms with Crippen LogP contribution in [0.15, 0.2) is 48.5 Å². The van der Waals surface area contributed by atoms with Gasteiger partial charge in [-0.15, -0.1) is 0 Å². The molecule has 2 aromatic rings. The van der Waals surface area contributed by atoms with Crippen LogP contribution in [0.3, 0.4) is 0 Å². The number of benzene rings is 2. The van der Waals surface area contributed by atoms with Gasteiger partial charge in [-0.25, -0.2) is 9.18 Å². The van der Waals surface area contributed by atoms with Crippen LogP contribution in [-0.4, -0.2) is 19.2 Å². The molecule has 5 nitrogen and oxygen atoms in total. The lowest BCUT2D eigenvalue weighted by Gasteiger charge is -2.09. The molecular weight excluding hydrogens is 273 g/mol. The van der Waals surface area contributed by atoms with Gasteiger partial charge in [-0.2, -0.15) is 0 Å². The van der Waals surface area contributed by atoms with E-state index in [1.165, 1.54) is 12.1 Å². The van der Waals surface area contributed by atoms with Gasteiger partial charge < -0.3 is 21.1 Å². The van der Waals surface area contributed by atoms with E-state index < -0.39 is 11.8 Å². The second-order valence-electron chi connectivity index (χ2n) is 4.22. The largest absolute Gasteiger partial charge is 0.492 e. The van der Waals surface area contributed by atoms with E-state index in [1.807, 2.05) is 0 Å². The highest BCUT2D eigenvalue weighted by atomic mass is 19.1. The highest BCUT2D eigenvalue weighted by Gasteiger charge is 2.06. The van der Waals surface area contributed by atoms with Crippen molar-refractivity contribution in [2.24, 2.45) is 5.73 Å². The van der Waals surface area contributed by atoms with Gasteiger partial charge in [-0.05, 0) is 36.4 Å². The molecule has 0 radical (unpaired) electrons. The molecule has 4 N–H and O–H groups in total. The van der Waals surface area contributed by atoms with Crippen molar-refractivity contribution in [3.63, 3.8) is 0 Å². The Labute approximate surface area is 121 Å². The second kappa shape index (κ2) is 7.25. The van der Waals surface area contributed by atoms with Crippen molar-refractivity contribution < 1.29 is 13.9 Å². The number of hydrogen-bond acceptors (Lipinski definition) is 3. The molecule has 2 amide bonds. The molecule has 0 unspecified atom stereocenters. The van der Waals surface area contributed by atoms with Gasteiger partial charge in [0.2, 0.25) is 0 Å². The zero-order chi connectivity index (χ0) is 15.1. The molecular formula is C15H16FN3O2. The SMILES string of the molecule is NCCOc1ccc(NC(=O)Nc2ccccc2F)cc1. The van der Waals surface area contributed by atoms with Crippen LogP contribution in [0.5, 0.6) is 5.75 Å². The minimum Gasteiger partial charge on any atom is -0.492 e. The smallest absolute Gasteiger partial charge is 0.323 e. The Morgan fingerprint density at radius 3 is 2.48 bits per heavy atom. The minimum atomic E-state index is -0.518. The Morgan fingerprint density at radius 1 is 1.10 bits per heavy atom. The average Bonchev–Trinajstić information content (AvgIpc) is 2.49. The van der Waals surface area contributed by atoms with Crippen LogP contribution in [0.1, 0.15) is 0 Å². The molecule has 21 heavy (non-hydrogen) atoms. The molecule has 2 rings (SSSR count). The molecule has 2 aromatic carbocycles. The highest BCUT2D eigenvalue weighted by Crippen LogP contribution is 2.17. The summed E-state index contributed by atoms with van der Waals surface area (Å²) in [6.45, 7) is 0.867. The molecule has 0 aliphatic rings. The maximum absolute atomic E-state index is 13.4. The predicted octanol–water partition coefficient (Wildman–Crippen LogP) is 2.81. The third kappa shape index (κ3) is 4.47. The van der Waals surface area contributed by atoms with Crippen molar-refractivity contribution in [3.05, 3.63) is 54.3 Å². The van der Waals surface area contributed by atoms with Gasteiger partial charge in [0.1, 0.15) is 18.2 Å². The second-order valence-corrected chi connectivity index (χ2v) is 4.22. The summed E-state index contributed by atoms with van der Waals surface area (Å²) in [6, 6.07) is 12.2. The van der Waals surface area contributed by atoms with Gasteiger partial charge in [-0.3, -0.25) is 0 Å². The average molecular weight is 289 g/mol. The Morgan fingerprint density at radius 2 is 1.81 bits per heavy atom. The highest BCUT2D eigenvalue weighted by molar-refractivity contribution is 5.99. The fourth-order valence-corrected chi connectivity index (χ4v) is 1.66. The summed E-state index contributed by atoms with van der Waals surface area (Å²) in [6.07, 6.45) is 0. The molecule has 0 fully saturated rings. The zero-order valence-corrected chi connectivity index (χ0v) is 11.3. The first-order chi connectivity index (χ1) is 10.2. The Bertz CT molecular complexity index is 602. The topological polar surface area (TPSA) is 76.4 Å². The number of nitrogens with two attached hydrogens (primary N) is 1. The maximum Gasteiger partial charge on any atom is 0.323 e. The van der Waals surface area contributed by atoms with E-state index in [1.54, 1.807) is 36.4 Å². The summed E-state index contributed by atoms with van der Waals surface area (Å²) in [4.78, 5) is 11.8. The molecule has 0 saturated carbocycles. The van der Waals surface area contributed by atoms with Crippen LogP contribution >= 0.6 is 0 Å². The molecule has 0 spiro atoms. The number of nitrogens with one attached hydrogen (secondary N) is 2. The molecule has 0 aliphatic heterocycles. The number of hydrogen-bond donors (Lipinski definition) is 3. The first kappa shape index (κ1) is 14.8. The number of rotatable bonds is 5. The van der Waals surface area contributed by atoms with Crippen molar-refractivity contribution in [2.45, 2.75) is 0 Å². The van der Waals surface area contributed by atoms with E-state index in [9.17, 15) is 9.18 Å². The number of urea groups is 1. The normalized spacial score (nSPS) is 10.0. The Kier molecular flexibility index (Phi) is 5.11. The molecule has 0 aliphatic carbocycles. The lowest BCUT2D eigenvalue weighted by Crippen LogP contribution is -2.20. The van der Waals surface area contributed by atoms with Crippen molar-refractivity contribution in [1.29, 1.82) is 0 Å². The minimum absolute atomic E-state index is 0.123. The fourth-order valence-electron chi connectivity index (χ4n) is 1.66. The van der Waals surface area contributed by atoms with Crippen LogP contribution in [0.2, 0.25) is 0 Å². The van der Waals surface area contributed by atoms with E-state index in [-0.39, 0.29) is 5.69 Å². The lowest BCUT2D eigenvalue weighted by atomic mass is 10.3.